The van der Waals surface area contributed by atoms with E-state index in [-0.39, 0.29) is 5.24 Å². The van der Waals surface area contributed by atoms with Crippen LogP contribution < -0.4 is 5.32 Å². The van der Waals surface area contributed by atoms with Crippen LogP contribution in [0, 0.1) is 5.92 Å². The Morgan fingerprint density at radius 2 is 1.60 bits per heavy atom. The quantitative estimate of drug-likeness (QED) is 0.422. The largest absolute Gasteiger partial charge is 0.347 e. The van der Waals surface area contributed by atoms with Crippen LogP contribution in [-0.2, 0) is 0 Å². The highest BCUT2D eigenvalue weighted by atomic mass is 32.2. The molecule has 120 valence electrons. The highest BCUT2D eigenvalue weighted by Crippen LogP contribution is 2.18. The van der Waals surface area contributed by atoms with Crippen LogP contribution >= 0.6 is 11.8 Å². The lowest BCUT2D eigenvalue weighted by Crippen LogP contribution is -2.21. The zero-order valence-corrected chi connectivity index (χ0v) is 14.7. The van der Waals surface area contributed by atoms with Gasteiger partial charge in [0, 0.05) is 12.3 Å². The molecule has 1 N–H and O–H groups in total. The number of thioether (sulfide) groups is 1. The van der Waals surface area contributed by atoms with Gasteiger partial charge in [0.2, 0.25) is 0 Å². The van der Waals surface area contributed by atoms with E-state index in [1.165, 1.54) is 69.5 Å². The van der Waals surface area contributed by atoms with Crippen LogP contribution in [0.4, 0.5) is 4.79 Å². The van der Waals surface area contributed by atoms with Gasteiger partial charge in [0.15, 0.2) is 0 Å². The predicted molar refractivity (Wildman–Crippen MR) is 92.5 cm³/mol. The topological polar surface area (TPSA) is 29.1 Å². The zero-order chi connectivity index (χ0) is 15.1. The summed E-state index contributed by atoms with van der Waals surface area (Å²) in [6.07, 6.45) is 12.7. The van der Waals surface area contributed by atoms with Gasteiger partial charge in [-0.05, 0) is 18.8 Å². The molecule has 0 saturated heterocycles. The van der Waals surface area contributed by atoms with Crippen molar-refractivity contribution >= 4 is 17.0 Å². The number of hydrogen-bond donors (Lipinski definition) is 1. The van der Waals surface area contributed by atoms with Gasteiger partial charge in [0.1, 0.15) is 0 Å². The van der Waals surface area contributed by atoms with E-state index in [9.17, 15) is 4.79 Å². The summed E-state index contributed by atoms with van der Waals surface area (Å²) in [5, 5.41) is 3.21. The summed E-state index contributed by atoms with van der Waals surface area (Å²) in [6.45, 7) is 7.55. The second-order valence-corrected chi connectivity index (χ2v) is 6.70. The Morgan fingerprint density at radius 1 is 0.950 bits per heavy atom. The summed E-state index contributed by atoms with van der Waals surface area (Å²) < 4.78 is 0. The standard InChI is InChI=1S/C17H35NOS/c1-4-7-9-10-11-12-14-18-17(19)20-15-16(6-3)13-8-5-2/h16H,4-15H2,1-3H3,(H,18,19). The van der Waals surface area contributed by atoms with Crippen LogP contribution in [0.5, 0.6) is 0 Å². The summed E-state index contributed by atoms with van der Waals surface area (Å²) in [5.41, 5.74) is 0. The van der Waals surface area contributed by atoms with Gasteiger partial charge in [-0.15, -0.1) is 0 Å². The summed E-state index contributed by atoms with van der Waals surface area (Å²) >= 11 is 1.48. The van der Waals surface area contributed by atoms with Crippen LogP contribution in [0.1, 0.15) is 85.0 Å². The minimum Gasteiger partial charge on any atom is -0.347 e. The van der Waals surface area contributed by atoms with Gasteiger partial charge in [-0.2, -0.15) is 0 Å². The first kappa shape index (κ1) is 19.8. The molecule has 3 heteroatoms. The van der Waals surface area contributed by atoms with Crippen molar-refractivity contribution < 1.29 is 4.79 Å². The second-order valence-electron chi connectivity index (χ2n) is 5.71. The SMILES string of the molecule is CCCCCCCCNC(=O)SCC(CC)CCCC. The van der Waals surface area contributed by atoms with Crippen molar-refractivity contribution in [3.63, 3.8) is 0 Å². The van der Waals surface area contributed by atoms with Crippen molar-refractivity contribution in [2.45, 2.75) is 85.0 Å². The van der Waals surface area contributed by atoms with Gasteiger partial charge in [-0.1, -0.05) is 83.9 Å². The molecule has 0 heterocycles. The van der Waals surface area contributed by atoms with E-state index in [1.54, 1.807) is 0 Å². The molecule has 0 saturated carbocycles. The van der Waals surface area contributed by atoms with E-state index in [0.29, 0.717) is 5.92 Å². The van der Waals surface area contributed by atoms with E-state index in [4.69, 9.17) is 0 Å². The monoisotopic (exact) mass is 301 g/mol. The summed E-state index contributed by atoms with van der Waals surface area (Å²) in [4.78, 5) is 11.7. The Hall–Kier alpha value is -0.180. The van der Waals surface area contributed by atoms with Crippen molar-refractivity contribution in [3.8, 4) is 0 Å². The van der Waals surface area contributed by atoms with E-state index in [1.807, 2.05) is 0 Å². The molecule has 1 atom stereocenters. The number of hydrogen-bond acceptors (Lipinski definition) is 2. The highest BCUT2D eigenvalue weighted by Gasteiger charge is 2.09. The molecule has 0 bridgehead atoms. The predicted octanol–water partition coefficient (Wildman–Crippen LogP) is 6.01. The van der Waals surface area contributed by atoms with Crippen molar-refractivity contribution in [1.82, 2.24) is 5.32 Å². The van der Waals surface area contributed by atoms with Crippen LogP contribution in [0.15, 0.2) is 0 Å². The maximum absolute atomic E-state index is 11.7. The molecule has 1 unspecified atom stereocenters. The molecular formula is C17H35NOS. The maximum atomic E-state index is 11.7. The lowest BCUT2D eigenvalue weighted by molar-refractivity contribution is 0.260. The average Bonchev–Trinajstić information content (AvgIpc) is 2.46. The Balaban J connectivity index is 3.43. The van der Waals surface area contributed by atoms with E-state index in [2.05, 4.69) is 26.1 Å². The van der Waals surface area contributed by atoms with Crippen LogP contribution in [0.25, 0.3) is 0 Å². The smallest absolute Gasteiger partial charge is 0.279 e. The normalized spacial score (nSPS) is 12.3. The molecule has 0 radical (unpaired) electrons. The number of carbonyl (C=O) groups is 1. The van der Waals surface area contributed by atoms with Crippen molar-refractivity contribution in [2.24, 2.45) is 5.92 Å². The Morgan fingerprint density at radius 3 is 2.25 bits per heavy atom. The molecule has 0 rings (SSSR count). The number of nitrogens with one attached hydrogen (secondary N) is 1. The molecule has 0 aliphatic heterocycles. The lowest BCUT2D eigenvalue weighted by atomic mass is 10.0. The minimum atomic E-state index is 0.175. The molecule has 0 fully saturated rings. The number of rotatable bonds is 13. The van der Waals surface area contributed by atoms with Gasteiger partial charge in [-0.25, -0.2) is 0 Å². The first-order valence-corrected chi connectivity index (χ1v) is 9.63. The summed E-state index contributed by atoms with van der Waals surface area (Å²) in [7, 11) is 0. The van der Waals surface area contributed by atoms with Gasteiger partial charge in [0.25, 0.3) is 5.24 Å². The molecule has 20 heavy (non-hydrogen) atoms. The van der Waals surface area contributed by atoms with Crippen molar-refractivity contribution in [2.75, 3.05) is 12.3 Å². The molecule has 0 spiro atoms. The van der Waals surface area contributed by atoms with E-state index < -0.39 is 0 Å². The minimum absolute atomic E-state index is 0.175. The van der Waals surface area contributed by atoms with Gasteiger partial charge < -0.3 is 5.32 Å². The van der Waals surface area contributed by atoms with Crippen molar-refractivity contribution in [1.29, 1.82) is 0 Å². The molecule has 1 amide bonds. The third kappa shape index (κ3) is 12.8. The summed E-state index contributed by atoms with van der Waals surface area (Å²) in [5.74, 6) is 1.69. The molecule has 2 nitrogen and oxygen atoms in total. The molecular weight excluding hydrogens is 266 g/mol. The Bertz CT molecular complexity index is 221. The van der Waals surface area contributed by atoms with Crippen LogP contribution in [-0.4, -0.2) is 17.5 Å². The number of unbranched alkanes of at least 4 members (excludes halogenated alkanes) is 6. The average molecular weight is 302 g/mol. The fraction of sp³-hybridized carbons (Fsp3) is 0.941. The number of carbonyl (C=O) groups excluding carboxylic acids is 1. The van der Waals surface area contributed by atoms with Crippen molar-refractivity contribution in [3.05, 3.63) is 0 Å². The van der Waals surface area contributed by atoms with Gasteiger partial charge >= 0.3 is 0 Å². The molecule has 0 aromatic rings. The molecule has 0 aliphatic rings. The first-order chi connectivity index (χ1) is 9.74. The van der Waals surface area contributed by atoms with Gasteiger partial charge in [-0.3, -0.25) is 4.79 Å². The third-order valence-corrected chi connectivity index (χ3v) is 4.84. The van der Waals surface area contributed by atoms with Crippen LogP contribution in [0.2, 0.25) is 0 Å². The lowest BCUT2D eigenvalue weighted by Gasteiger charge is -2.13. The summed E-state index contributed by atoms with van der Waals surface area (Å²) in [6, 6.07) is 0. The van der Waals surface area contributed by atoms with E-state index in [0.717, 1.165) is 18.7 Å². The molecule has 0 aromatic heterocycles. The number of amides is 1. The first-order valence-electron chi connectivity index (χ1n) is 8.65. The van der Waals surface area contributed by atoms with Gasteiger partial charge in [0.05, 0.1) is 0 Å². The second kappa shape index (κ2) is 15.2. The zero-order valence-electron chi connectivity index (χ0n) is 13.9. The Kier molecular flexibility index (Phi) is 15.1. The fourth-order valence-corrected chi connectivity index (χ4v) is 3.23. The third-order valence-electron chi connectivity index (χ3n) is 3.79. The fourth-order valence-electron chi connectivity index (χ4n) is 2.24. The van der Waals surface area contributed by atoms with E-state index >= 15 is 0 Å². The Labute approximate surface area is 130 Å². The molecule has 0 aromatic carbocycles. The molecule has 0 aliphatic carbocycles. The maximum Gasteiger partial charge on any atom is 0.279 e. The van der Waals surface area contributed by atoms with Crippen LogP contribution in [0.3, 0.4) is 0 Å². The highest BCUT2D eigenvalue weighted by molar-refractivity contribution is 8.13.